The summed E-state index contributed by atoms with van der Waals surface area (Å²) in [5.74, 6) is -1.13. The number of piperidine rings is 1. The van der Waals surface area contributed by atoms with Crippen molar-refractivity contribution in [1.29, 1.82) is 5.41 Å². The zero-order valence-electron chi connectivity index (χ0n) is 19.4. The largest absolute Gasteiger partial charge is 0.312 e. The van der Waals surface area contributed by atoms with E-state index < -0.39 is 11.6 Å². The highest BCUT2D eigenvalue weighted by atomic mass is 19.1. The van der Waals surface area contributed by atoms with Crippen LogP contribution in [0.2, 0.25) is 0 Å². The molecule has 1 fully saturated rings. The molecule has 174 valence electrons. The molecular weight excluding hydrogens is 433 g/mol. The van der Waals surface area contributed by atoms with Crippen LogP contribution < -0.4 is 10.9 Å². The van der Waals surface area contributed by atoms with Crippen LogP contribution in [-0.4, -0.2) is 50.6 Å². The molecule has 1 aliphatic carbocycles. The van der Waals surface area contributed by atoms with E-state index in [4.69, 9.17) is 5.41 Å². The number of allylic oxidation sites excluding steroid dienone is 4. The highest BCUT2D eigenvalue weighted by molar-refractivity contribution is 6.57. The van der Waals surface area contributed by atoms with Gasteiger partial charge in [0.1, 0.15) is 25.2 Å². The lowest BCUT2D eigenvalue weighted by Crippen LogP contribution is -2.29. The topological polar surface area (TPSA) is 68.6 Å². The third-order valence-corrected chi connectivity index (χ3v) is 6.32. The smallest absolute Gasteiger partial charge is 0.152 e. The minimum atomic E-state index is -0.607. The third-order valence-electron chi connectivity index (χ3n) is 6.32. The Kier molecular flexibility index (Phi) is 7.17. The van der Waals surface area contributed by atoms with Gasteiger partial charge in [0.2, 0.25) is 0 Å². The van der Waals surface area contributed by atoms with Gasteiger partial charge in [-0.05, 0) is 72.4 Å². The van der Waals surface area contributed by atoms with Gasteiger partial charge in [0.05, 0.1) is 5.71 Å². The van der Waals surface area contributed by atoms with Gasteiger partial charge in [-0.15, -0.1) is 0 Å². The Bertz CT molecular complexity index is 1230. The van der Waals surface area contributed by atoms with Crippen molar-refractivity contribution in [2.75, 3.05) is 20.1 Å². The molecule has 0 saturated carbocycles. The number of hydrogen-bond donors (Lipinski definition) is 2. The van der Waals surface area contributed by atoms with E-state index in [-0.39, 0.29) is 39.2 Å². The van der Waals surface area contributed by atoms with Gasteiger partial charge >= 0.3 is 0 Å². The standard InChI is InChI=1S/C26H27BF2N4O/c1-31-32-26-19(15-34)11-18(12-22(26)30)23-21(28)13-20(25(29)24(23)27)17-7-5-6-16(10-17)14-33-8-3-2-4-9-33/h5-7,10-13,15,30-31H,2-4,8-9,14,27H2,1H3/b30-22?,32-26-. The molecule has 1 heterocycles. The molecule has 2 aliphatic rings. The van der Waals surface area contributed by atoms with E-state index in [9.17, 15) is 4.79 Å². The first kappa shape index (κ1) is 23.8. The number of benzene rings is 2. The normalized spacial score (nSPS) is 18.0. The highest BCUT2D eigenvalue weighted by Gasteiger charge is 2.24. The van der Waals surface area contributed by atoms with Crippen molar-refractivity contribution >= 4 is 36.6 Å². The minimum absolute atomic E-state index is 0.0401. The van der Waals surface area contributed by atoms with Gasteiger partial charge in [-0.3, -0.25) is 15.1 Å². The van der Waals surface area contributed by atoms with Crippen LogP contribution in [0.3, 0.4) is 0 Å². The Balaban J connectivity index is 1.70. The maximum Gasteiger partial charge on any atom is 0.152 e. The first-order valence-corrected chi connectivity index (χ1v) is 11.5. The number of carbonyl (C=O) groups excluding carboxylic acids is 1. The summed E-state index contributed by atoms with van der Waals surface area (Å²) in [5.41, 5.74) is 5.11. The lowest BCUT2D eigenvalue weighted by Gasteiger charge is -2.26. The maximum absolute atomic E-state index is 15.6. The van der Waals surface area contributed by atoms with Gasteiger partial charge in [-0.25, -0.2) is 8.78 Å². The van der Waals surface area contributed by atoms with Crippen LogP contribution in [0.4, 0.5) is 8.78 Å². The van der Waals surface area contributed by atoms with Crippen molar-refractivity contribution in [1.82, 2.24) is 10.3 Å². The Labute approximate surface area is 199 Å². The van der Waals surface area contributed by atoms with Crippen LogP contribution in [-0.2, 0) is 11.3 Å². The Hall–Kier alpha value is -3.39. The lowest BCUT2D eigenvalue weighted by molar-refractivity contribution is -0.104. The average Bonchev–Trinajstić information content (AvgIpc) is 2.84. The van der Waals surface area contributed by atoms with E-state index >= 15 is 8.78 Å². The minimum Gasteiger partial charge on any atom is -0.312 e. The molecule has 5 nitrogen and oxygen atoms in total. The van der Waals surface area contributed by atoms with Crippen LogP contribution in [0.5, 0.6) is 0 Å². The van der Waals surface area contributed by atoms with Gasteiger partial charge < -0.3 is 5.43 Å². The van der Waals surface area contributed by atoms with Crippen LogP contribution in [0.25, 0.3) is 16.7 Å². The number of nitrogens with one attached hydrogen (secondary N) is 2. The SMILES string of the molecule is Bc1c(F)c(-c2cccc(CN3CCCCC3)c2)cc(F)c1C1=CC(=N)/C(=N\NC)C(C=O)=C1. The summed E-state index contributed by atoms with van der Waals surface area (Å²) < 4.78 is 31.0. The first-order chi connectivity index (χ1) is 16.4. The summed E-state index contributed by atoms with van der Waals surface area (Å²) in [4.78, 5) is 13.9. The Morgan fingerprint density at radius 1 is 1.18 bits per heavy atom. The zero-order valence-corrected chi connectivity index (χ0v) is 19.4. The third kappa shape index (κ3) is 4.77. The number of hydrogen-bond acceptors (Lipinski definition) is 5. The van der Waals surface area contributed by atoms with Gasteiger partial charge in [0, 0.05) is 30.3 Å². The van der Waals surface area contributed by atoms with E-state index in [1.165, 1.54) is 45.3 Å². The molecule has 0 radical (unpaired) electrons. The molecule has 8 heteroatoms. The van der Waals surface area contributed by atoms with Crippen molar-refractivity contribution in [2.24, 2.45) is 5.10 Å². The van der Waals surface area contributed by atoms with Crippen LogP contribution in [0.1, 0.15) is 30.4 Å². The molecular formula is C26H27BF2N4O. The fourth-order valence-electron chi connectivity index (χ4n) is 4.66. The molecule has 1 saturated heterocycles. The summed E-state index contributed by atoms with van der Waals surface area (Å²) in [6.45, 7) is 2.91. The molecule has 0 aromatic heterocycles. The Morgan fingerprint density at radius 3 is 2.65 bits per heavy atom. The monoisotopic (exact) mass is 460 g/mol. The summed E-state index contributed by atoms with van der Waals surface area (Å²) >= 11 is 0. The van der Waals surface area contributed by atoms with Crippen molar-refractivity contribution in [3.05, 3.63) is 70.8 Å². The predicted molar refractivity (Wildman–Crippen MR) is 135 cm³/mol. The molecule has 0 atom stereocenters. The molecule has 0 spiro atoms. The molecule has 0 unspecified atom stereocenters. The quantitative estimate of drug-likeness (QED) is 0.302. The fourth-order valence-corrected chi connectivity index (χ4v) is 4.66. The molecule has 4 rings (SSSR count). The number of halogens is 2. The zero-order chi connectivity index (χ0) is 24.2. The summed E-state index contributed by atoms with van der Waals surface area (Å²) in [5, 5.41) is 12.1. The number of nitrogens with zero attached hydrogens (tertiary/aromatic N) is 2. The molecule has 0 amide bonds. The first-order valence-electron chi connectivity index (χ1n) is 11.5. The van der Waals surface area contributed by atoms with Crippen molar-refractivity contribution < 1.29 is 13.6 Å². The molecule has 34 heavy (non-hydrogen) atoms. The number of carbonyl (C=O) groups is 1. The molecule has 2 N–H and O–H groups in total. The Morgan fingerprint density at radius 2 is 1.94 bits per heavy atom. The maximum atomic E-state index is 15.6. The second-order valence-corrected chi connectivity index (χ2v) is 8.67. The van der Waals surface area contributed by atoms with Crippen LogP contribution in [0.15, 0.2) is 53.2 Å². The van der Waals surface area contributed by atoms with E-state index in [0.29, 0.717) is 11.8 Å². The molecule has 2 aromatic rings. The van der Waals surface area contributed by atoms with Crippen molar-refractivity contribution in [3.8, 4) is 11.1 Å². The second-order valence-electron chi connectivity index (χ2n) is 8.67. The molecule has 1 aliphatic heterocycles. The van der Waals surface area contributed by atoms with Crippen molar-refractivity contribution in [2.45, 2.75) is 25.8 Å². The number of aldehydes is 1. The summed E-state index contributed by atoms with van der Waals surface area (Å²) in [7, 11) is 3.08. The van der Waals surface area contributed by atoms with E-state index in [0.717, 1.165) is 25.2 Å². The average molecular weight is 460 g/mol. The number of likely N-dealkylation sites (tertiary alicyclic amines) is 1. The fraction of sp³-hybridized carbons (Fsp3) is 0.269. The lowest BCUT2D eigenvalue weighted by atomic mass is 9.81. The molecule has 2 aromatic carbocycles. The number of rotatable bonds is 6. The van der Waals surface area contributed by atoms with Crippen LogP contribution in [0, 0.1) is 17.0 Å². The number of hydrazone groups is 1. The second kappa shape index (κ2) is 10.3. The van der Waals surface area contributed by atoms with Gasteiger partial charge in [0.25, 0.3) is 0 Å². The van der Waals surface area contributed by atoms with Gasteiger partial charge in [0.15, 0.2) is 6.29 Å². The summed E-state index contributed by atoms with van der Waals surface area (Å²) in [6.07, 6.45) is 7.03. The molecule has 0 bridgehead atoms. The van der Waals surface area contributed by atoms with E-state index in [1.807, 2.05) is 18.2 Å². The summed E-state index contributed by atoms with van der Waals surface area (Å²) in [6, 6.07) is 8.81. The highest BCUT2D eigenvalue weighted by Crippen LogP contribution is 2.30. The van der Waals surface area contributed by atoms with Gasteiger partial charge in [-0.1, -0.05) is 24.6 Å². The van der Waals surface area contributed by atoms with Gasteiger partial charge in [-0.2, -0.15) is 5.10 Å². The van der Waals surface area contributed by atoms with Crippen molar-refractivity contribution in [3.63, 3.8) is 0 Å². The van der Waals surface area contributed by atoms with E-state index in [2.05, 4.69) is 15.4 Å². The predicted octanol–water partition coefficient (Wildman–Crippen LogP) is 2.99. The van der Waals surface area contributed by atoms with E-state index in [1.54, 1.807) is 13.1 Å². The van der Waals surface area contributed by atoms with Crippen LogP contribution >= 0.6 is 0 Å².